The molecule has 4 nitrogen and oxygen atoms in total. The highest BCUT2D eigenvalue weighted by atomic mass is 16.5. The van der Waals surface area contributed by atoms with Crippen molar-refractivity contribution >= 4 is 11.5 Å². The minimum Gasteiger partial charge on any atom is -0.462 e. The zero-order chi connectivity index (χ0) is 28.0. The van der Waals surface area contributed by atoms with E-state index in [-0.39, 0.29) is 24.7 Å². The van der Waals surface area contributed by atoms with Crippen LogP contribution >= 0.6 is 0 Å². The van der Waals surface area contributed by atoms with Crippen molar-refractivity contribution in [2.24, 2.45) is 23.7 Å². The van der Waals surface area contributed by atoms with Gasteiger partial charge in [0.25, 0.3) is 0 Å². The van der Waals surface area contributed by atoms with E-state index in [9.17, 15) is 4.79 Å². The van der Waals surface area contributed by atoms with E-state index in [2.05, 4.69) is 44.7 Å². The van der Waals surface area contributed by atoms with E-state index in [1.54, 1.807) is 12.7 Å². The molecule has 4 heteroatoms. The Morgan fingerprint density at radius 2 is 1.87 bits per heavy atom. The third-order valence-corrected chi connectivity index (χ3v) is 9.30. The second kappa shape index (κ2) is 17.0. The normalized spacial score (nSPS) is 22.3. The van der Waals surface area contributed by atoms with E-state index < -0.39 is 5.97 Å². The number of hydrogen-bond donors (Lipinski definition) is 1. The minimum atomic E-state index is -0.533. The first-order valence-corrected chi connectivity index (χ1v) is 15.7. The monoisotopic (exact) mass is 538 g/mol. The number of aryl methyl sites for hydroxylation is 2. The van der Waals surface area contributed by atoms with Crippen molar-refractivity contribution in [3.8, 4) is 0 Å². The van der Waals surface area contributed by atoms with Crippen molar-refractivity contribution < 1.29 is 19.4 Å². The molecule has 0 heterocycles. The number of allylic oxidation sites excluding steroid dienone is 2. The third kappa shape index (κ3) is 9.90. The van der Waals surface area contributed by atoms with Crippen LogP contribution in [-0.2, 0) is 27.1 Å². The lowest BCUT2D eigenvalue weighted by molar-refractivity contribution is -0.141. The number of benzene rings is 1. The van der Waals surface area contributed by atoms with Crippen LogP contribution in [0.15, 0.2) is 36.4 Å². The summed E-state index contributed by atoms with van der Waals surface area (Å²) in [5, 5.41) is 9.07. The van der Waals surface area contributed by atoms with Crippen LogP contribution in [0.2, 0.25) is 0 Å². The fraction of sp³-hybridized carbons (Fsp3) is 0.686. The molecule has 2 aliphatic carbocycles. The Balaban J connectivity index is 1.52. The van der Waals surface area contributed by atoms with Crippen molar-refractivity contribution in [3.05, 3.63) is 53.1 Å². The molecule has 39 heavy (non-hydrogen) atoms. The van der Waals surface area contributed by atoms with Gasteiger partial charge < -0.3 is 14.6 Å². The summed E-state index contributed by atoms with van der Waals surface area (Å²) in [6, 6.07) is 7.01. The number of esters is 1. The maximum absolute atomic E-state index is 11.9. The summed E-state index contributed by atoms with van der Waals surface area (Å²) >= 11 is 0. The summed E-state index contributed by atoms with van der Waals surface area (Å²) in [5.74, 6) is 2.41. The Morgan fingerprint density at radius 3 is 2.51 bits per heavy atom. The fourth-order valence-corrected chi connectivity index (χ4v) is 6.75. The number of unbranched alkanes of at least 4 members (excludes halogenated alkanes) is 2. The quantitative estimate of drug-likeness (QED) is 0.131. The smallest absolute Gasteiger partial charge is 0.335 e. The van der Waals surface area contributed by atoms with E-state index in [0.29, 0.717) is 6.61 Å². The number of carbonyl (C=O) groups is 1. The largest absolute Gasteiger partial charge is 0.462 e. The summed E-state index contributed by atoms with van der Waals surface area (Å²) in [5.41, 5.74) is 5.86. The van der Waals surface area contributed by atoms with Crippen LogP contribution in [-0.4, -0.2) is 38.0 Å². The average molecular weight is 539 g/mol. The van der Waals surface area contributed by atoms with Gasteiger partial charge in [0.15, 0.2) is 0 Å². The van der Waals surface area contributed by atoms with Crippen molar-refractivity contribution in [3.63, 3.8) is 0 Å². The lowest BCUT2D eigenvalue weighted by atomic mass is 9.70. The molecule has 2 atom stereocenters. The Bertz CT molecular complexity index is 925. The van der Waals surface area contributed by atoms with E-state index >= 15 is 0 Å². The van der Waals surface area contributed by atoms with Gasteiger partial charge in [-0.15, -0.1) is 0 Å². The SMILES string of the molecule is C=C(CO)C(=O)OCC(CCc1ccc(C2=CCC(C3CCC(CCCCC)CC3)CC2)c(CC)c1)COC. The van der Waals surface area contributed by atoms with Crippen LogP contribution in [0.5, 0.6) is 0 Å². The number of aliphatic hydroxyl groups is 1. The van der Waals surface area contributed by atoms with Gasteiger partial charge in [-0.05, 0) is 91.4 Å². The Morgan fingerprint density at radius 1 is 1.08 bits per heavy atom. The molecule has 0 amide bonds. The Labute approximate surface area is 238 Å². The molecule has 1 aromatic carbocycles. The van der Waals surface area contributed by atoms with Gasteiger partial charge in [-0.1, -0.05) is 83.2 Å². The maximum atomic E-state index is 11.9. The van der Waals surface area contributed by atoms with Gasteiger partial charge in [0.1, 0.15) is 0 Å². The lowest BCUT2D eigenvalue weighted by Gasteiger charge is -2.35. The molecule has 2 aliphatic rings. The predicted molar refractivity (Wildman–Crippen MR) is 162 cm³/mol. The van der Waals surface area contributed by atoms with Gasteiger partial charge in [-0.25, -0.2) is 4.79 Å². The van der Waals surface area contributed by atoms with E-state index in [4.69, 9.17) is 14.6 Å². The van der Waals surface area contributed by atoms with Crippen LogP contribution in [0.4, 0.5) is 0 Å². The second-order valence-electron chi connectivity index (χ2n) is 12.1. The van der Waals surface area contributed by atoms with Crippen LogP contribution in [0.1, 0.15) is 108 Å². The first-order valence-electron chi connectivity index (χ1n) is 15.7. The molecule has 0 spiro atoms. The van der Waals surface area contributed by atoms with Crippen molar-refractivity contribution in [2.75, 3.05) is 26.9 Å². The highest BCUT2D eigenvalue weighted by molar-refractivity contribution is 5.87. The predicted octanol–water partition coefficient (Wildman–Crippen LogP) is 8.11. The molecule has 1 aromatic rings. The van der Waals surface area contributed by atoms with E-state index in [1.807, 2.05) is 0 Å². The molecule has 1 saturated carbocycles. The topological polar surface area (TPSA) is 55.8 Å². The molecule has 218 valence electrons. The fourth-order valence-electron chi connectivity index (χ4n) is 6.75. The number of ether oxygens (including phenoxy) is 2. The lowest BCUT2D eigenvalue weighted by Crippen LogP contribution is -2.23. The van der Waals surface area contributed by atoms with Crippen LogP contribution in [0.25, 0.3) is 5.57 Å². The van der Waals surface area contributed by atoms with Crippen LogP contribution < -0.4 is 0 Å². The molecule has 0 radical (unpaired) electrons. The summed E-state index contributed by atoms with van der Waals surface area (Å²) in [7, 11) is 1.67. The molecule has 0 bridgehead atoms. The first kappa shape index (κ1) is 31.6. The summed E-state index contributed by atoms with van der Waals surface area (Å²) < 4.78 is 10.7. The molecule has 1 fully saturated rings. The number of methoxy groups -OCH3 is 1. The molecular formula is C35H54O4. The molecule has 0 saturated heterocycles. The van der Waals surface area contributed by atoms with Gasteiger partial charge in [0.05, 0.1) is 25.4 Å². The molecule has 3 rings (SSSR count). The number of hydrogen-bond acceptors (Lipinski definition) is 4. The first-order chi connectivity index (χ1) is 19.0. The number of aliphatic hydroxyl groups excluding tert-OH is 1. The molecular weight excluding hydrogens is 484 g/mol. The van der Waals surface area contributed by atoms with Crippen molar-refractivity contribution in [1.82, 2.24) is 0 Å². The molecule has 1 N–H and O–H groups in total. The maximum Gasteiger partial charge on any atom is 0.335 e. The summed E-state index contributed by atoms with van der Waals surface area (Å²) in [6.07, 6.45) is 20.7. The minimum absolute atomic E-state index is 0.0860. The number of carbonyl (C=O) groups excluding carboxylic acids is 1. The highest BCUT2D eigenvalue weighted by Crippen LogP contribution is 2.42. The van der Waals surface area contributed by atoms with Gasteiger partial charge >= 0.3 is 5.97 Å². The van der Waals surface area contributed by atoms with Crippen LogP contribution in [0.3, 0.4) is 0 Å². The number of rotatable bonds is 16. The zero-order valence-electron chi connectivity index (χ0n) is 25.0. The van der Waals surface area contributed by atoms with Gasteiger partial charge in [0.2, 0.25) is 0 Å². The molecule has 0 aliphatic heterocycles. The summed E-state index contributed by atoms with van der Waals surface area (Å²) in [6.45, 7) is 8.54. The van der Waals surface area contributed by atoms with Crippen LogP contribution in [0, 0.1) is 23.7 Å². The average Bonchev–Trinajstić information content (AvgIpc) is 2.98. The van der Waals surface area contributed by atoms with Gasteiger partial charge in [-0.2, -0.15) is 0 Å². The standard InChI is InChI=1S/C35H54O4/c1-5-7-8-9-27-12-15-31(16-13-27)32-17-19-33(20-18-32)34-21-14-28(22-30(34)6-2)10-11-29(24-38-4)25-39-35(37)26(3)23-36/h14,19,21-22,27,29,31-32,36H,3,5-13,15-18,20,23-25H2,1-2,4H3. The highest BCUT2D eigenvalue weighted by Gasteiger charge is 2.29. The van der Waals surface area contributed by atoms with Crippen molar-refractivity contribution in [1.29, 1.82) is 0 Å². The van der Waals surface area contributed by atoms with E-state index in [1.165, 1.54) is 87.3 Å². The Kier molecular flexibility index (Phi) is 13.8. The third-order valence-electron chi connectivity index (χ3n) is 9.30. The van der Waals surface area contributed by atoms with E-state index in [0.717, 1.165) is 37.0 Å². The van der Waals surface area contributed by atoms with Gasteiger partial charge in [-0.3, -0.25) is 0 Å². The zero-order valence-corrected chi connectivity index (χ0v) is 25.0. The molecule has 2 unspecified atom stereocenters. The Hall–Kier alpha value is -1.91. The second-order valence-corrected chi connectivity index (χ2v) is 12.1. The summed E-state index contributed by atoms with van der Waals surface area (Å²) in [4.78, 5) is 11.9. The molecule has 0 aromatic heterocycles. The van der Waals surface area contributed by atoms with Gasteiger partial charge in [0, 0.05) is 13.0 Å². The van der Waals surface area contributed by atoms with Crippen molar-refractivity contribution in [2.45, 2.75) is 104 Å².